The molecule has 0 saturated heterocycles. The number of nitriles is 1. The molecule has 1 N–H and O–H groups in total. The number of aromatic nitrogens is 1. The van der Waals surface area contributed by atoms with E-state index < -0.39 is 0 Å². The zero-order valence-corrected chi connectivity index (χ0v) is 6.73. The molecular weight excluding hydrogens is 164 g/mol. The predicted octanol–water partition coefficient (Wildman–Crippen LogP) is 1.81. The van der Waals surface area contributed by atoms with Gasteiger partial charge in [0.25, 0.3) is 0 Å². The third-order valence-electron chi connectivity index (χ3n) is 1.87. The maximum atomic E-state index is 9.42. The van der Waals surface area contributed by atoms with Gasteiger partial charge in [0, 0.05) is 11.6 Å². The number of phenols is 1. The van der Waals surface area contributed by atoms with Crippen LogP contribution in [0.5, 0.6) is 5.75 Å². The van der Waals surface area contributed by atoms with Gasteiger partial charge in [-0.25, -0.2) is 0 Å². The lowest BCUT2D eigenvalue weighted by atomic mass is 10.1. The molecule has 3 heteroatoms. The van der Waals surface area contributed by atoms with Crippen molar-refractivity contribution in [2.45, 2.75) is 0 Å². The average Bonchev–Trinajstić information content (AvgIpc) is 2.18. The van der Waals surface area contributed by atoms with Gasteiger partial charge in [0.05, 0.1) is 11.6 Å². The lowest BCUT2D eigenvalue weighted by molar-refractivity contribution is 0.480. The number of para-hydroxylation sites is 1. The quantitative estimate of drug-likeness (QED) is 0.656. The van der Waals surface area contributed by atoms with Crippen molar-refractivity contribution in [1.29, 1.82) is 5.26 Å². The molecule has 13 heavy (non-hydrogen) atoms. The Hall–Kier alpha value is -2.08. The largest absolute Gasteiger partial charge is 0.506 e. The molecule has 3 nitrogen and oxygen atoms in total. The summed E-state index contributed by atoms with van der Waals surface area (Å²) in [4.78, 5) is 3.99. The van der Waals surface area contributed by atoms with Crippen LogP contribution in [-0.4, -0.2) is 10.1 Å². The van der Waals surface area contributed by atoms with Gasteiger partial charge in [-0.05, 0) is 12.1 Å². The van der Waals surface area contributed by atoms with Crippen LogP contribution in [0, 0.1) is 11.3 Å². The number of hydrogen-bond acceptors (Lipinski definition) is 3. The van der Waals surface area contributed by atoms with E-state index in [0.717, 1.165) is 0 Å². The van der Waals surface area contributed by atoms with Gasteiger partial charge in [0.15, 0.2) is 0 Å². The maximum Gasteiger partial charge on any atom is 0.141 e. The minimum absolute atomic E-state index is 0.106. The zero-order chi connectivity index (χ0) is 9.26. The van der Waals surface area contributed by atoms with Crippen LogP contribution in [0.1, 0.15) is 5.56 Å². The first-order valence-electron chi connectivity index (χ1n) is 3.80. The van der Waals surface area contributed by atoms with Crippen LogP contribution in [-0.2, 0) is 0 Å². The maximum absolute atomic E-state index is 9.42. The predicted molar refractivity (Wildman–Crippen MR) is 48.1 cm³/mol. The fourth-order valence-electron chi connectivity index (χ4n) is 1.26. The first-order valence-corrected chi connectivity index (χ1v) is 3.80. The number of nitrogens with zero attached hydrogens (tertiary/aromatic N) is 2. The molecule has 0 saturated carbocycles. The summed E-state index contributed by atoms with van der Waals surface area (Å²) in [6, 6.07) is 8.68. The number of aromatic hydroxyl groups is 1. The van der Waals surface area contributed by atoms with Crippen LogP contribution in [0.25, 0.3) is 10.9 Å². The Morgan fingerprint density at radius 2 is 2.15 bits per heavy atom. The van der Waals surface area contributed by atoms with E-state index in [1.165, 1.54) is 6.20 Å². The van der Waals surface area contributed by atoms with Crippen molar-refractivity contribution in [3.05, 3.63) is 36.0 Å². The fourth-order valence-corrected chi connectivity index (χ4v) is 1.26. The molecule has 0 fully saturated rings. The van der Waals surface area contributed by atoms with Gasteiger partial charge in [-0.15, -0.1) is 0 Å². The molecule has 2 aromatic rings. The summed E-state index contributed by atoms with van der Waals surface area (Å²) in [6.07, 6.45) is 1.51. The molecule has 1 aromatic carbocycles. The average molecular weight is 170 g/mol. The highest BCUT2D eigenvalue weighted by Gasteiger charge is 2.03. The number of pyridine rings is 1. The smallest absolute Gasteiger partial charge is 0.141 e. The number of hydrogen-bond donors (Lipinski definition) is 1. The van der Waals surface area contributed by atoms with E-state index in [9.17, 15) is 5.11 Å². The Bertz CT molecular complexity index is 500. The molecule has 0 spiro atoms. The van der Waals surface area contributed by atoms with E-state index in [2.05, 4.69) is 4.98 Å². The molecule has 0 aliphatic heterocycles. The monoisotopic (exact) mass is 170 g/mol. The van der Waals surface area contributed by atoms with Gasteiger partial charge in [-0.1, -0.05) is 12.1 Å². The zero-order valence-electron chi connectivity index (χ0n) is 6.73. The molecule has 0 radical (unpaired) electrons. The molecule has 2 rings (SSSR count). The SMILES string of the molecule is N#Cc1ccnc2c(O)cccc12. The van der Waals surface area contributed by atoms with Gasteiger partial charge >= 0.3 is 0 Å². The van der Waals surface area contributed by atoms with E-state index in [-0.39, 0.29) is 5.75 Å². The first kappa shape index (κ1) is 7.56. The summed E-state index contributed by atoms with van der Waals surface area (Å²) in [7, 11) is 0. The second-order valence-corrected chi connectivity index (χ2v) is 2.64. The van der Waals surface area contributed by atoms with Crippen LogP contribution < -0.4 is 0 Å². The third-order valence-corrected chi connectivity index (χ3v) is 1.87. The summed E-state index contributed by atoms with van der Waals surface area (Å²) in [5.74, 6) is 0.106. The standard InChI is InChI=1S/C10H6N2O/c11-6-7-4-5-12-10-8(7)2-1-3-9(10)13/h1-5,13H. The lowest BCUT2D eigenvalue weighted by Crippen LogP contribution is -1.83. The van der Waals surface area contributed by atoms with Crippen molar-refractivity contribution in [3.8, 4) is 11.8 Å². The topological polar surface area (TPSA) is 56.9 Å². The number of benzene rings is 1. The van der Waals surface area contributed by atoms with Gasteiger partial charge < -0.3 is 5.11 Å². The van der Waals surface area contributed by atoms with E-state index >= 15 is 0 Å². The highest BCUT2D eigenvalue weighted by Crippen LogP contribution is 2.23. The molecule has 0 atom stereocenters. The molecule has 62 valence electrons. The number of phenolic OH excluding ortho intramolecular Hbond substituents is 1. The van der Waals surface area contributed by atoms with E-state index in [4.69, 9.17) is 5.26 Å². The summed E-state index contributed by atoms with van der Waals surface area (Å²) in [5.41, 5.74) is 1.00. The van der Waals surface area contributed by atoms with Crippen LogP contribution in [0.4, 0.5) is 0 Å². The summed E-state index contributed by atoms with van der Waals surface area (Å²) < 4.78 is 0. The Labute approximate surface area is 74.9 Å². The van der Waals surface area contributed by atoms with E-state index in [0.29, 0.717) is 16.5 Å². The molecule has 0 aliphatic carbocycles. The summed E-state index contributed by atoms with van der Waals surface area (Å²) in [5, 5.41) is 18.9. The Morgan fingerprint density at radius 3 is 2.92 bits per heavy atom. The minimum atomic E-state index is 0.106. The van der Waals surface area contributed by atoms with Crippen molar-refractivity contribution >= 4 is 10.9 Å². The van der Waals surface area contributed by atoms with E-state index in [1.807, 2.05) is 6.07 Å². The minimum Gasteiger partial charge on any atom is -0.506 e. The van der Waals surface area contributed by atoms with Crippen molar-refractivity contribution in [1.82, 2.24) is 4.98 Å². The van der Waals surface area contributed by atoms with Crippen LogP contribution in [0.15, 0.2) is 30.5 Å². The summed E-state index contributed by atoms with van der Waals surface area (Å²) in [6.45, 7) is 0. The molecule has 1 aromatic heterocycles. The van der Waals surface area contributed by atoms with Crippen LogP contribution >= 0.6 is 0 Å². The molecule has 1 heterocycles. The van der Waals surface area contributed by atoms with Gasteiger partial charge in [-0.2, -0.15) is 5.26 Å². The Kier molecular flexibility index (Phi) is 1.60. The molecule has 0 amide bonds. The second kappa shape index (κ2) is 2.76. The van der Waals surface area contributed by atoms with Gasteiger partial charge in [-0.3, -0.25) is 4.98 Å². The van der Waals surface area contributed by atoms with Crippen molar-refractivity contribution in [2.75, 3.05) is 0 Å². The normalized spacial score (nSPS) is 9.77. The molecule has 0 unspecified atom stereocenters. The Morgan fingerprint density at radius 1 is 1.31 bits per heavy atom. The highest BCUT2D eigenvalue weighted by molar-refractivity contribution is 5.88. The van der Waals surface area contributed by atoms with Crippen molar-refractivity contribution in [3.63, 3.8) is 0 Å². The number of fused-ring (bicyclic) bond motifs is 1. The van der Waals surface area contributed by atoms with Crippen LogP contribution in [0.2, 0.25) is 0 Å². The fraction of sp³-hybridized carbons (Fsp3) is 0. The van der Waals surface area contributed by atoms with Gasteiger partial charge in [0.1, 0.15) is 11.3 Å². The van der Waals surface area contributed by atoms with Gasteiger partial charge in [0.2, 0.25) is 0 Å². The third kappa shape index (κ3) is 1.09. The molecular formula is C10H6N2O. The Balaban J connectivity index is 2.94. The van der Waals surface area contributed by atoms with Crippen molar-refractivity contribution < 1.29 is 5.11 Å². The second-order valence-electron chi connectivity index (χ2n) is 2.64. The lowest BCUT2D eigenvalue weighted by Gasteiger charge is -1.99. The van der Waals surface area contributed by atoms with Crippen molar-refractivity contribution in [2.24, 2.45) is 0 Å². The molecule has 0 bridgehead atoms. The highest BCUT2D eigenvalue weighted by atomic mass is 16.3. The van der Waals surface area contributed by atoms with Crippen LogP contribution in [0.3, 0.4) is 0 Å². The van der Waals surface area contributed by atoms with E-state index in [1.54, 1.807) is 24.3 Å². The molecule has 0 aliphatic rings. The summed E-state index contributed by atoms with van der Waals surface area (Å²) >= 11 is 0. The number of rotatable bonds is 0. The first-order chi connectivity index (χ1) is 6.33.